The minimum Gasteiger partial charge on any atom is -0.450 e. The van der Waals surface area contributed by atoms with E-state index in [1.54, 1.807) is 0 Å². The van der Waals surface area contributed by atoms with Gasteiger partial charge in [-0.2, -0.15) is 5.26 Å². The molecule has 0 unspecified atom stereocenters. The molecule has 0 bridgehead atoms. The van der Waals surface area contributed by atoms with Crippen molar-refractivity contribution in [2.24, 2.45) is 0 Å². The normalized spacial score (nSPS) is 14.8. The van der Waals surface area contributed by atoms with Crippen LogP contribution < -0.4 is 4.74 Å². The molecule has 1 saturated carbocycles. The molecular weight excluding hydrogens is 304 g/mol. The molecule has 0 radical (unpaired) electrons. The highest BCUT2D eigenvalue weighted by Crippen LogP contribution is 2.35. The topological polar surface area (TPSA) is 76.2 Å². The highest BCUT2D eigenvalue weighted by atomic mass is 16.6. The quantitative estimate of drug-likeness (QED) is 0.565. The summed E-state index contributed by atoms with van der Waals surface area (Å²) < 4.78 is 5.66. The Bertz CT molecular complexity index is 772. The van der Waals surface area contributed by atoms with Gasteiger partial charge in [0.25, 0.3) is 0 Å². The molecule has 122 valence electrons. The van der Waals surface area contributed by atoms with Crippen LogP contribution in [0.5, 0.6) is 11.5 Å². The van der Waals surface area contributed by atoms with Crippen LogP contribution in [0.15, 0.2) is 42.5 Å². The van der Waals surface area contributed by atoms with E-state index in [0.717, 1.165) is 0 Å². The molecule has 0 saturated heterocycles. The van der Waals surface area contributed by atoms with Gasteiger partial charge in [-0.15, -0.1) is 0 Å². The highest BCUT2D eigenvalue weighted by molar-refractivity contribution is 5.53. The summed E-state index contributed by atoms with van der Waals surface area (Å²) >= 11 is 0. The first-order chi connectivity index (χ1) is 11.7. The van der Waals surface area contributed by atoms with Crippen molar-refractivity contribution in [3.63, 3.8) is 0 Å². The smallest absolute Gasteiger partial charge is 0.312 e. The molecule has 5 heteroatoms. The molecule has 0 aliphatic heterocycles. The van der Waals surface area contributed by atoms with Gasteiger partial charge in [-0.05, 0) is 48.6 Å². The summed E-state index contributed by atoms with van der Waals surface area (Å²) in [5, 5.41) is 20.0. The molecule has 0 atom stereocenters. The standard InChI is InChI=1S/C19H18N2O3/c20-13-14-6-11-19(18(12-14)21(22)23)24-17-9-7-16(8-10-17)15-4-2-1-3-5-15/h6-12,15H,1-5H2. The molecule has 1 aliphatic rings. The van der Waals surface area contributed by atoms with Crippen LogP contribution in [0.1, 0.15) is 49.1 Å². The molecule has 0 N–H and O–H groups in total. The van der Waals surface area contributed by atoms with Gasteiger partial charge in [-0.25, -0.2) is 0 Å². The number of nitriles is 1. The predicted octanol–water partition coefficient (Wildman–Crippen LogP) is 5.31. The third-order valence-corrected chi connectivity index (χ3v) is 4.47. The van der Waals surface area contributed by atoms with Crippen molar-refractivity contribution in [2.75, 3.05) is 0 Å². The zero-order valence-corrected chi connectivity index (χ0v) is 13.3. The van der Waals surface area contributed by atoms with E-state index in [1.165, 1.54) is 55.9 Å². The van der Waals surface area contributed by atoms with Crippen LogP contribution in [0.3, 0.4) is 0 Å². The first-order valence-corrected chi connectivity index (χ1v) is 8.14. The van der Waals surface area contributed by atoms with Gasteiger partial charge < -0.3 is 4.74 Å². The summed E-state index contributed by atoms with van der Waals surface area (Å²) in [6.45, 7) is 0. The highest BCUT2D eigenvalue weighted by Gasteiger charge is 2.18. The fraction of sp³-hybridized carbons (Fsp3) is 0.316. The molecule has 24 heavy (non-hydrogen) atoms. The van der Waals surface area contributed by atoms with Crippen molar-refractivity contribution in [3.8, 4) is 17.6 Å². The Morgan fingerprint density at radius 3 is 2.42 bits per heavy atom. The van der Waals surface area contributed by atoms with Crippen LogP contribution in [-0.2, 0) is 0 Å². The van der Waals surface area contributed by atoms with E-state index in [1.807, 2.05) is 30.3 Å². The molecule has 5 nitrogen and oxygen atoms in total. The van der Waals surface area contributed by atoms with E-state index in [9.17, 15) is 10.1 Å². The Hall–Kier alpha value is -2.87. The average Bonchev–Trinajstić information content (AvgIpc) is 2.63. The van der Waals surface area contributed by atoms with Crippen molar-refractivity contribution >= 4 is 5.69 Å². The maximum Gasteiger partial charge on any atom is 0.312 e. The lowest BCUT2D eigenvalue weighted by Gasteiger charge is -2.22. The summed E-state index contributed by atoms with van der Waals surface area (Å²) in [6.07, 6.45) is 6.32. The average molecular weight is 322 g/mol. The van der Waals surface area contributed by atoms with Crippen LogP contribution >= 0.6 is 0 Å². The summed E-state index contributed by atoms with van der Waals surface area (Å²) in [6, 6.07) is 13.9. The monoisotopic (exact) mass is 322 g/mol. The summed E-state index contributed by atoms with van der Waals surface area (Å²) in [5.74, 6) is 1.31. The molecule has 1 fully saturated rings. The summed E-state index contributed by atoms with van der Waals surface area (Å²) in [7, 11) is 0. The Kier molecular flexibility index (Phi) is 4.76. The molecule has 1 aliphatic carbocycles. The third-order valence-electron chi connectivity index (χ3n) is 4.47. The fourth-order valence-electron chi connectivity index (χ4n) is 3.19. The largest absolute Gasteiger partial charge is 0.450 e. The Morgan fingerprint density at radius 1 is 1.08 bits per heavy atom. The zero-order valence-electron chi connectivity index (χ0n) is 13.3. The summed E-state index contributed by atoms with van der Waals surface area (Å²) in [4.78, 5) is 10.6. The number of hydrogen-bond acceptors (Lipinski definition) is 4. The number of hydrogen-bond donors (Lipinski definition) is 0. The van der Waals surface area contributed by atoms with Crippen LogP contribution in [0.25, 0.3) is 0 Å². The van der Waals surface area contributed by atoms with Gasteiger partial charge in [0, 0.05) is 6.07 Å². The van der Waals surface area contributed by atoms with Crippen LogP contribution in [0.2, 0.25) is 0 Å². The number of nitro benzene ring substituents is 1. The minimum absolute atomic E-state index is 0.143. The van der Waals surface area contributed by atoms with E-state index < -0.39 is 4.92 Å². The number of rotatable bonds is 4. The van der Waals surface area contributed by atoms with Crippen molar-refractivity contribution < 1.29 is 9.66 Å². The lowest BCUT2D eigenvalue weighted by atomic mass is 9.84. The van der Waals surface area contributed by atoms with Crippen LogP contribution in [-0.4, -0.2) is 4.92 Å². The predicted molar refractivity (Wildman–Crippen MR) is 90.2 cm³/mol. The fourth-order valence-corrected chi connectivity index (χ4v) is 3.19. The number of ether oxygens (including phenoxy) is 1. The number of nitro groups is 1. The van der Waals surface area contributed by atoms with Gasteiger partial charge in [0.05, 0.1) is 16.6 Å². The van der Waals surface area contributed by atoms with E-state index >= 15 is 0 Å². The molecule has 0 amide bonds. The van der Waals surface area contributed by atoms with Gasteiger partial charge in [-0.1, -0.05) is 31.4 Å². The Morgan fingerprint density at radius 2 is 1.79 bits per heavy atom. The van der Waals surface area contributed by atoms with Crippen molar-refractivity contribution in [3.05, 3.63) is 63.7 Å². The molecule has 2 aromatic rings. The van der Waals surface area contributed by atoms with Gasteiger partial charge in [0.15, 0.2) is 0 Å². The van der Waals surface area contributed by atoms with E-state index in [4.69, 9.17) is 10.00 Å². The number of benzene rings is 2. The van der Waals surface area contributed by atoms with Gasteiger partial charge in [-0.3, -0.25) is 10.1 Å². The molecular formula is C19H18N2O3. The maximum absolute atomic E-state index is 11.2. The minimum atomic E-state index is -0.535. The van der Waals surface area contributed by atoms with Gasteiger partial charge in [0.2, 0.25) is 5.75 Å². The Balaban J connectivity index is 1.79. The molecule has 0 heterocycles. The zero-order chi connectivity index (χ0) is 16.9. The third kappa shape index (κ3) is 3.54. The van der Waals surface area contributed by atoms with E-state index in [-0.39, 0.29) is 17.0 Å². The van der Waals surface area contributed by atoms with Gasteiger partial charge in [0.1, 0.15) is 5.75 Å². The van der Waals surface area contributed by atoms with E-state index in [0.29, 0.717) is 11.7 Å². The molecule has 0 spiro atoms. The van der Waals surface area contributed by atoms with Gasteiger partial charge >= 0.3 is 5.69 Å². The van der Waals surface area contributed by atoms with Crippen molar-refractivity contribution in [2.45, 2.75) is 38.0 Å². The van der Waals surface area contributed by atoms with Crippen molar-refractivity contribution in [1.82, 2.24) is 0 Å². The lowest BCUT2D eigenvalue weighted by Crippen LogP contribution is -2.04. The van der Waals surface area contributed by atoms with Crippen LogP contribution in [0, 0.1) is 21.4 Å². The van der Waals surface area contributed by atoms with Crippen LogP contribution in [0.4, 0.5) is 5.69 Å². The molecule has 0 aromatic heterocycles. The first kappa shape index (κ1) is 16.0. The maximum atomic E-state index is 11.2. The first-order valence-electron chi connectivity index (χ1n) is 8.14. The molecule has 2 aromatic carbocycles. The second-order valence-corrected chi connectivity index (χ2v) is 6.06. The lowest BCUT2D eigenvalue weighted by molar-refractivity contribution is -0.385. The second kappa shape index (κ2) is 7.14. The SMILES string of the molecule is N#Cc1ccc(Oc2ccc(C3CCCCC3)cc2)c([N+](=O)[O-])c1. The summed E-state index contributed by atoms with van der Waals surface area (Å²) in [5.41, 5.74) is 1.34. The second-order valence-electron chi connectivity index (χ2n) is 6.06. The van der Waals surface area contributed by atoms with Crippen molar-refractivity contribution in [1.29, 1.82) is 5.26 Å². The molecule has 3 rings (SSSR count). The number of nitrogens with zero attached hydrogens (tertiary/aromatic N) is 2. The Labute approximate surface area is 140 Å². The van der Waals surface area contributed by atoms with E-state index in [2.05, 4.69) is 0 Å².